The van der Waals surface area contributed by atoms with Crippen molar-refractivity contribution in [2.24, 2.45) is 0 Å². The Morgan fingerprint density at radius 1 is 1.23 bits per heavy atom. The topological polar surface area (TPSA) is 17.8 Å². The molecule has 0 spiro atoms. The maximum absolute atomic E-state index is 4.32. The van der Waals surface area contributed by atoms with Gasteiger partial charge in [0.2, 0.25) is 0 Å². The lowest BCUT2D eigenvalue weighted by atomic mass is 10.2. The van der Waals surface area contributed by atoms with Crippen molar-refractivity contribution in [2.75, 3.05) is 0 Å². The van der Waals surface area contributed by atoms with Crippen LogP contribution in [-0.4, -0.2) is 9.78 Å². The van der Waals surface area contributed by atoms with Gasteiger partial charge in [0.1, 0.15) is 0 Å². The average molecular weight is 180 g/mol. The summed E-state index contributed by atoms with van der Waals surface area (Å²) in [7, 11) is 0. The first kappa shape index (κ1) is 10.3. The summed E-state index contributed by atoms with van der Waals surface area (Å²) in [6, 6.07) is 2.14. The zero-order valence-electron chi connectivity index (χ0n) is 8.79. The van der Waals surface area contributed by atoms with Crippen molar-refractivity contribution in [3.05, 3.63) is 18.0 Å². The lowest BCUT2D eigenvalue weighted by molar-refractivity contribution is 0.542. The van der Waals surface area contributed by atoms with Crippen molar-refractivity contribution in [3.8, 4) is 0 Å². The molecule has 0 amide bonds. The van der Waals surface area contributed by atoms with Gasteiger partial charge in [-0.15, -0.1) is 0 Å². The van der Waals surface area contributed by atoms with E-state index in [0.29, 0.717) is 0 Å². The van der Waals surface area contributed by atoms with Crippen LogP contribution in [0.3, 0.4) is 0 Å². The van der Waals surface area contributed by atoms with Gasteiger partial charge in [-0.05, 0) is 25.3 Å². The fraction of sp³-hybridized carbons (Fsp3) is 0.727. The van der Waals surface area contributed by atoms with Crippen molar-refractivity contribution >= 4 is 0 Å². The van der Waals surface area contributed by atoms with Gasteiger partial charge in [0, 0.05) is 18.4 Å². The second-order valence-electron chi connectivity index (χ2n) is 3.50. The third kappa shape index (κ3) is 3.21. The quantitative estimate of drug-likeness (QED) is 0.658. The van der Waals surface area contributed by atoms with Gasteiger partial charge in [-0.2, -0.15) is 5.10 Å². The highest BCUT2D eigenvalue weighted by atomic mass is 15.3. The highest BCUT2D eigenvalue weighted by Crippen LogP contribution is 2.05. The van der Waals surface area contributed by atoms with Crippen molar-refractivity contribution < 1.29 is 0 Å². The van der Waals surface area contributed by atoms with E-state index in [1.807, 2.05) is 6.20 Å². The second kappa shape index (κ2) is 5.79. The summed E-state index contributed by atoms with van der Waals surface area (Å²) in [5.41, 5.74) is 1.40. The van der Waals surface area contributed by atoms with Gasteiger partial charge in [-0.25, -0.2) is 0 Å². The van der Waals surface area contributed by atoms with Crippen LogP contribution in [0.25, 0.3) is 0 Å². The smallest absolute Gasteiger partial charge is 0.0492 e. The van der Waals surface area contributed by atoms with E-state index in [1.165, 1.54) is 37.8 Å². The van der Waals surface area contributed by atoms with E-state index in [-0.39, 0.29) is 0 Å². The largest absolute Gasteiger partial charge is 0.270 e. The van der Waals surface area contributed by atoms with E-state index in [9.17, 15) is 0 Å². The summed E-state index contributed by atoms with van der Waals surface area (Å²) in [5, 5.41) is 4.32. The number of hydrogen-bond donors (Lipinski definition) is 0. The first-order valence-corrected chi connectivity index (χ1v) is 5.39. The highest BCUT2D eigenvalue weighted by Gasteiger charge is 2.00. The molecule has 13 heavy (non-hydrogen) atoms. The summed E-state index contributed by atoms with van der Waals surface area (Å²) >= 11 is 0. The van der Waals surface area contributed by atoms with Crippen LogP contribution in [0.5, 0.6) is 0 Å². The molecule has 0 N–H and O–H groups in total. The van der Waals surface area contributed by atoms with Gasteiger partial charge >= 0.3 is 0 Å². The molecule has 0 radical (unpaired) electrons. The molecule has 0 bridgehead atoms. The molecular formula is C11H20N2. The third-order valence-corrected chi connectivity index (χ3v) is 2.31. The van der Waals surface area contributed by atoms with E-state index < -0.39 is 0 Å². The minimum atomic E-state index is 1.09. The minimum Gasteiger partial charge on any atom is -0.270 e. The van der Waals surface area contributed by atoms with Gasteiger partial charge in [-0.3, -0.25) is 4.68 Å². The van der Waals surface area contributed by atoms with Gasteiger partial charge in [0.25, 0.3) is 0 Å². The lowest BCUT2D eigenvalue weighted by Crippen LogP contribution is -2.04. The van der Waals surface area contributed by atoms with Crippen molar-refractivity contribution in [2.45, 2.75) is 52.5 Å². The molecule has 0 unspecified atom stereocenters. The Morgan fingerprint density at radius 3 is 2.69 bits per heavy atom. The molecule has 2 nitrogen and oxygen atoms in total. The van der Waals surface area contributed by atoms with Crippen LogP contribution < -0.4 is 0 Å². The Balaban J connectivity index is 2.45. The summed E-state index contributed by atoms with van der Waals surface area (Å²) in [6.45, 7) is 5.53. The van der Waals surface area contributed by atoms with Crippen LogP contribution in [0.4, 0.5) is 0 Å². The van der Waals surface area contributed by atoms with Crippen LogP contribution in [-0.2, 0) is 13.0 Å². The van der Waals surface area contributed by atoms with Crippen molar-refractivity contribution in [1.82, 2.24) is 9.78 Å². The molecule has 0 saturated carbocycles. The van der Waals surface area contributed by atoms with Crippen molar-refractivity contribution in [3.63, 3.8) is 0 Å². The van der Waals surface area contributed by atoms with E-state index in [0.717, 1.165) is 6.54 Å². The Morgan fingerprint density at radius 2 is 2.00 bits per heavy atom. The predicted octanol–water partition coefficient (Wildman–Crippen LogP) is 3.03. The SMILES string of the molecule is CCCCc1ccnn1CCCC. The molecule has 0 aliphatic rings. The standard InChI is InChI=1S/C11H20N2/c1-3-5-7-11-8-9-12-13(11)10-6-4-2/h8-9H,3-7,10H2,1-2H3. The summed E-state index contributed by atoms with van der Waals surface area (Å²) in [6.07, 6.45) is 8.12. The normalized spacial score (nSPS) is 10.6. The zero-order valence-corrected chi connectivity index (χ0v) is 8.79. The molecule has 2 heteroatoms. The average Bonchev–Trinajstić information content (AvgIpc) is 2.59. The zero-order chi connectivity index (χ0) is 9.52. The Labute approximate surface area is 81.0 Å². The maximum Gasteiger partial charge on any atom is 0.0492 e. The number of aryl methyl sites for hydroxylation is 2. The van der Waals surface area contributed by atoms with Crippen LogP contribution in [0.1, 0.15) is 45.2 Å². The Bertz CT molecular complexity index is 205. The lowest BCUT2D eigenvalue weighted by Gasteiger charge is -2.05. The number of unbranched alkanes of at least 4 members (excludes halogenated alkanes) is 2. The highest BCUT2D eigenvalue weighted by molar-refractivity contribution is 5.00. The van der Waals surface area contributed by atoms with E-state index in [1.54, 1.807) is 0 Å². The molecule has 1 heterocycles. The Hall–Kier alpha value is -0.790. The first-order valence-electron chi connectivity index (χ1n) is 5.39. The molecule has 1 aromatic heterocycles. The molecular weight excluding hydrogens is 160 g/mol. The van der Waals surface area contributed by atoms with Crippen molar-refractivity contribution in [1.29, 1.82) is 0 Å². The Kier molecular flexibility index (Phi) is 4.58. The number of aromatic nitrogens is 2. The van der Waals surface area contributed by atoms with E-state index in [4.69, 9.17) is 0 Å². The fourth-order valence-corrected chi connectivity index (χ4v) is 1.44. The van der Waals surface area contributed by atoms with Gasteiger partial charge in [0.15, 0.2) is 0 Å². The van der Waals surface area contributed by atoms with Gasteiger partial charge in [0.05, 0.1) is 0 Å². The predicted molar refractivity (Wildman–Crippen MR) is 55.7 cm³/mol. The van der Waals surface area contributed by atoms with Crippen LogP contribution >= 0.6 is 0 Å². The molecule has 0 aliphatic carbocycles. The molecule has 0 aromatic carbocycles. The van der Waals surface area contributed by atoms with Crippen LogP contribution in [0.15, 0.2) is 12.3 Å². The van der Waals surface area contributed by atoms with Crippen LogP contribution in [0.2, 0.25) is 0 Å². The molecule has 0 aliphatic heterocycles. The summed E-state index contributed by atoms with van der Waals surface area (Å²) in [4.78, 5) is 0. The summed E-state index contributed by atoms with van der Waals surface area (Å²) in [5.74, 6) is 0. The third-order valence-electron chi connectivity index (χ3n) is 2.31. The molecule has 0 fully saturated rings. The number of nitrogens with zero attached hydrogens (tertiary/aromatic N) is 2. The van der Waals surface area contributed by atoms with Gasteiger partial charge in [-0.1, -0.05) is 26.7 Å². The maximum atomic E-state index is 4.32. The van der Waals surface area contributed by atoms with Crippen LogP contribution in [0, 0.1) is 0 Å². The number of rotatable bonds is 6. The monoisotopic (exact) mass is 180 g/mol. The second-order valence-corrected chi connectivity index (χ2v) is 3.50. The van der Waals surface area contributed by atoms with E-state index >= 15 is 0 Å². The molecule has 0 saturated heterocycles. The summed E-state index contributed by atoms with van der Waals surface area (Å²) < 4.78 is 2.15. The number of hydrogen-bond acceptors (Lipinski definition) is 1. The fourth-order valence-electron chi connectivity index (χ4n) is 1.44. The molecule has 0 atom stereocenters. The molecule has 74 valence electrons. The van der Waals surface area contributed by atoms with Gasteiger partial charge < -0.3 is 0 Å². The minimum absolute atomic E-state index is 1.09. The molecule has 1 aromatic rings. The first-order chi connectivity index (χ1) is 6.38. The molecule has 1 rings (SSSR count). The van der Waals surface area contributed by atoms with E-state index in [2.05, 4.69) is 29.7 Å².